The van der Waals surface area contributed by atoms with E-state index in [4.69, 9.17) is 15.9 Å². The van der Waals surface area contributed by atoms with E-state index in [0.717, 1.165) is 222 Å². The highest BCUT2D eigenvalue weighted by Crippen LogP contribution is 2.65. The number of aliphatic carboxylic acids is 2. The van der Waals surface area contributed by atoms with Crippen molar-refractivity contribution in [3.05, 3.63) is 46.6 Å². The monoisotopic (exact) mass is 1440 g/mol. The van der Waals surface area contributed by atoms with Crippen LogP contribution in [0.4, 0.5) is 0 Å². The fourth-order valence-corrected chi connectivity index (χ4v) is 26.0. The van der Waals surface area contributed by atoms with Crippen LogP contribution in [0, 0.1) is 92.2 Å². The number of piperidine rings is 4. The Hall–Kier alpha value is -5.00. The van der Waals surface area contributed by atoms with Crippen molar-refractivity contribution in [3.8, 4) is 0 Å². The topological polar surface area (TPSA) is 257 Å². The number of oxime groups is 1. The van der Waals surface area contributed by atoms with Crippen molar-refractivity contribution >= 4 is 65.1 Å². The van der Waals surface area contributed by atoms with Gasteiger partial charge in [0.15, 0.2) is 0 Å². The Kier molecular flexibility index (Phi) is 24.0. The first-order valence-electron chi connectivity index (χ1n) is 41.8. The molecule has 6 unspecified atom stereocenters. The number of fused-ring (bicyclic) bond motifs is 15. The first-order chi connectivity index (χ1) is 49.4. The van der Waals surface area contributed by atoms with Crippen molar-refractivity contribution in [1.29, 1.82) is 0 Å². The van der Waals surface area contributed by atoms with E-state index in [1.165, 1.54) is 122 Å². The third-order valence-electron chi connectivity index (χ3n) is 31.3. The van der Waals surface area contributed by atoms with Crippen LogP contribution in [0.5, 0.6) is 0 Å². The van der Waals surface area contributed by atoms with Crippen molar-refractivity contribution in [3.63, 3.8) is 0 Å². The van der Waals surface area contributed by atoms with Crippen LogP contribution in [0.15, 0.2) is 51.8 Å². The van der Waals surface area contributed by atoms with Gasteiger partial charge in [0.1, 0.15) is 17.3 Å². The number of likely N-dealkylation sites (tertiary alicyclic amines) is 3. The highest BCUT2D eigenvalue weighted by Gasteiger charge is 2.63. The zero-order valence-corrected chi connectivity index (χ0v) is 63.0. The number of nitrogens with zero attached hydrogens (tertiary/aromatic N) is 4. The lowest BCUT2D eigenvalue weighted by molar-refractivity contribution is -0.140. The van der Waals surface area contributed by atoms with E-state index in [1.807, 2.05) is 9.80 Å². The van der Waals surface area contributed by atoms with Gasteiger partial charge in [-0.2, -0.15) is 0 Å². The molecule has 3 amide bonds. The Labute approximate surface area is 619 Å². The second kappa shape index (κ2) is 32.4. The van der Waals surface area contributed by atoms with Crippen molar-refractivity contribution in [2.75, 3.05) is 52.4 Å². The third kappa shape index (κ3) is 14.7. The van der Waals surface area contributed by atoms with E-state index >= 15 is 0 Å². The van der Waals surface area contributed by atoms with Gasteiger partial charge in [-0.3, -0.25) is 28.8 Å². The normalized spacial score (nSPS) is 40.1. The average Bonchev–Trinajstić information content (AvgIpc) is 1.53. The Balaban J connectivity index is 0.000000113. The minimum absolute atomic E-state index is 0. The van der Waals surface area contributed by atoms with Crippen LogP contribution in [0.25, 0.3) is 0 Å². The van der Waals surface area contributed by atoms with Crippen LogP contribution in [0.1, 0.15) is 276 Å². The minimum atomic E-state index is -0.838. The number of hydrogen-bond acceptors (Lipinski definition) is 12. The van der Waals surface area contributed by atoms with Crippen LogP contribution in [-0.4, -0.2) is 141 Å². The highest BCUT2D eigenvalue weighted by molar-refractivity contribution is 6.00. The van der Waals surface area contributed by atoms with Gasteiger partial charge >= 0.3 is 11.9 Å². The summed E-state index contributed by atoms with van der Waals surface area (Å²) >= 11 is 0. The number of halogens is 1. The van der Waals surface area contributed by atoms with E-state index in [1.54, 1.807) is 12.2 Å². The number of nitrogens with one attached hydrogen (secondary N) is 1. The van der Waals surface area contributed by atoms with Gasteiger partial charge in [-0.15, -0.1) is 12.4 Å². The zero-order valence-electron chi connectivity index (χ0n) is 62.2. The number of nitrogens with two attached hydrogens (primary N) is 1. The summed E-state index contributed by atoms with van der Waals surface area (Å²) in [5.74, 6) is 5.78. The van der Waals surface area contributed by atoms with Gasteiger partial charge in [0.2, 0.25) is 17.7 Å². The quantitative estimate of drug-likeness (QED) is 0.127. The maximum Gasteiger partial charge on any atom is 0.331 e. The fraction of sp³-hybridized carbons (Fsp3) is 0.800. The first kappa shape index (κ1) is 76.2. The summed E-state index contributed by atoms with van der Waals surface area (Å²) in [5.41, 5.74) is 10.1. The van der Waals surface area contributed by atoms with Crippen LogP contribution in [0.3, 0.4) is 0 Å². The number of rotatable bonds is 5. The summed E-state index contributed by atoms with van der Waals surface area (Å²) in [4.78, 5) is 104. The number of carboxylic acids is 2. The summed E-state index contributed by atoms with van der Waals surface area (Å²) in [7, 11) is 0. The second-order valence-corrected chi connectivity index (χ2v) is 36.1. The molecule has 0 aromatic heterocycles. The Bertz CT molecular complexity index is 3250. The molecule has 568 valence electrons. The Morgan fingerprint density at radius 2 is 0.806 bits per heavy atom. The molecule has 5 spiro atoms. The molecular formula is C85H125ClN6O11. The summed E-state index contributed by atoms with van der Waals surface area (Å²) < 4.78 is 0. The molecule has 0 aromatic carbocycles. The molecule has 6 N–H and O–H groups in total. The predicted octanol–water partition coefficient (Wildman–Crippen LogP) is 14.9. The van der Waals surface area contributed by atoms with Crippen LogP contribution < -0.4 is 11.1 Å². The second-order valence-electron chi connectivity index (χ2n) is 36.1. The van der Waals surface area contributed by atoms with E-state index in [-0.39, 0.29) is 63.6 Å². The first-order valence-corrected chi connectivity index (χ1v) is 41.8. The number of ketones is 3. The summed E-state index contributed by atoms with van der Waals surface area (Å²) in [6, 6.07) is 0.383. The van der Waals surface area contributed by atoms with Crippen molar-refractivity contribution in [1.82, 2.24) is 20.0 Å². The molecule has 4 aliphatic heterocycles. The van der Waals surface area contributed by atoms with Gasteiger partial charge in [0, 0.05) is 119 Å². The Morgan fingerprint density at radius 3 is 1.19 bits per heavy atom. The van der Waals surface area contributed by atoms with Crippen LogP contribution in [0.2, 0.25) is 0 Å². The lowest BCUT2D eigenvalue weighted by Gasteiger charge is -2.48. The summed E-state index contributed by atoms with van der Waals surface area (Å²) in [6.07, 6.45) is 54.7. The summed E-state index contributed by atoms with van der Waals surface area (Å²) in [5, 5.41) is 34.7. The zero-order chi connectivity index (χ0) is 71.0. The number of hydrogen-bond donors (Lipinski definition) is 5. The molecule has 17 nitrogen and oxygen atoms in total. The molecule has 4 heterocycles. The molecule has 15 fully saturated rings. The molecule has 11 saturated carbocycles. The Morgan fingerprint density at radius 1 is 0.427 bits per heavy atom. The molecule has 4 saturated heterocycles. The van der Waals surface area contributed by atoms with Crippen molar-refractivity contribution < 1.29 is 53.8 Å². The van der Waals surface area contributed by atoms with Gasteiger partial charge in [0.05, 0.1) is 5.71 Å². The highest BCUT2D eigenvalue weighted by atomic mass is 35.5. The number of allylic oxidation sites excluding steroid dienone is 4. The molecule has 103 heavy (non-hydrogen) atoms. The van der Waals surface area contributed by atoms with Crippen molar-refractivity contribution in [2.24, 2.45) is 103 Å². The molecule has 17 atom stereocenters. The smallest absolute Gasteiger partial charge is 0.331 e. The van der Waals surface area contributed by atoms with E-state index in [2.05, 4.69) is 27.5 Å². The number of Topliss-reactive ketones (excluding diaryl/α,β-unsaturated/α-hetero) is 3. The SMILES string of the molecule is C1CCNCC1.Cl.N[C@@H]1[C@@H]2CC[C@@H](C2)C12CCCC(C(=O)N1CCCCC1)C2.O=C(C1=CCCC2(C1)/C(=N\O)[C@@H]1CC[C@H]2C1)N1CCCCC1.O=C(C1=CCCC2(C1)C(=O)[C@@H]1CC[C@H]2C1)N1CCCCC1.O=C(O)C1=CCCC2(C1)C(=O)[C@@H]1CC[C@H]2C1.O=C(O)C1=CCCC2(C1)C(=O)[C@@H]1CC[C@H]2C1. The van der Waals surface area contributed by atoms with Crippen LogP contribution >= 0.6 is 12.4 Å². The predicted molar refractivity (Wildman–Crippen MR) is 399 cm³/mol. The van der Waals surface area contributed by atoms with Gasteiger partial charge < -0.3 is 41.2 Å². The molecule has 19 rings (SSSR count). The van der Waals surface area contributed by atoms with E-state index < -0.39 is 11.9 Å². The number of carboxylic acid groups (broad SMARTS) is 2. The molecule has 15 aliphatic carbocycles. The third-order valence-corrected chi connectivity index (χ3v) is 31.3. The minimum Gasteiger partial charge on any atom is -0.478 e. The average molecular weight is 1440 g/mol. The largest absolute Gasteiger partial charge is 0.478 e. The van der Waals surface area contributed by atoms with E-state index in [9.17, 15) is 43.6 Å². The lowest BCUT2D eigenvalue weighted by atomic mass is 9.59. The maximum absolute atomic E-state index is 12.9. The fourth-order valence-electron chi connectivity index (χ4n) is 26.0. The van der Waals surface area contributed by atoms with E-state index in [0.29, 0.717) is 94.2 Å². The van der Waals surface area contributed by atoms with Gasteiger partial charge in [-0.05, 0) is 317 Å². The van der Waals surface area contributed by atoms with Gasteiger partial charge in [0.25, 0.3) is 0 Å². The maximum atomic E-state index is 12.9. The number of carbonyl (C=O) groups is 8. The molecule has 19 aliphatic rings. The van der Waals surface area contributed by atoms with Crippen molar-refractivity contribution in [2.45, 2.75) is 282 Å². The molecule has 0 aromatic rings. The molecule has 10 bridgehead atoms. The molecular weight excluding hydrogens is 1320 g/mol. The molecule has 0 radical (unpaired) electrons. The van der Waals surface area contributed by atoms with Gasteiger partial charge in [-0.1, -0.05) is 42.3 Å². The summed E-state index contributed by atoms with van der Waals surface area (Å²) in [6.45, 7) is 8.14. The molecule has 18 heteroatoms. The number of carbonyl (C=O) groups excluding carboxylic acids is 6. The number of amides is 3. The lowest BCUT2D eigenvalue weighted by Crippen LogP contribution is -2.51. The van der Waals surface area contributed by atoms with Crippen LogP contribution in [-0.2, 0) is 38.4 Å². The standard InChI is InChI=1S/C18H26N2O2.C18H30N2O.C18H25NO2.2C13H16O3.C5H11N.ClH/c21-17(20-9-2-1-3-10-20)14-5-4-8-18(12-14)15-7-6-13(11-15)16(18)19-22;19-16-13-6-7-15(11-13)18(16)8-4-5-14(12-18)17(21)20-9-2-1-3-10-20;20-16-13-6-7-15(11-13)18(16)8-4-5-14(12-18)17(21)19-9-2-1-3-10-19;2*14-11-8-3-4-10(6-8)13(11)5-1-2-9(7-13)12(15)16;1-2-4-6-5-3-1;/h5,13,15,22H,1-4,6-12H2;13-16H,1-12,19H2;5,13,15H,1-4,6-12H2;2*2,8,10H,1,3-7H2,(H,15,16);6H,1-5H2;1H/b19-16-;;;;;;/t13-,15+,18?;13-,14?,15+,16-,18?;13-,15+,18?;2*8-,10+,13?;;/m11111../s1. The van der Waals surface area contributed by atoms with Gasteiger partial charge in [-0.25, -0.2) is 9.59 Å².